The molecule has 5 nitrogen and oxygen atoms in total. The quantitative estimate of drug-likeness (QED) is 0.602. The Bertz CT molecular complexity index is 1090. The van der Waals surface area contributed by atoms with E-state index in [0.717, 1.165) is 22.6 Å². The molecule has 0 fully saturated rings. The summed E-state index contributed by atoms with van der Waals surface area (Å²) in [4.78, 5) is 27.3. The lowest BCUT2D eigenvalue weighted by atomic mass is 10.1. The van der Waals surface area contributed by atoms with E-state index in [1.54, 1.807) is 6.07 Å². The average molecular weight is 330 g/mol. The van der Waals surface area contributed by atoms with Crippen molar-refractivity contribution < 1.29 is 0 Å². The molecule has 2 aromatic carbocycles. The highest BCUT2D eigenvalue weighted by Gasteiger charge is 2.07. The number of rotatable bonds is 4. The summed E-state index contributed by atoms with van der Waals surface area (Å²) in [5.74, 6) is 1.56. The molecule has 0 aliphatic rings. The Labute approximate surface area is 144 Å². The highest BCUT2D eigenvalue weighted by Crippen LogP contribution is 2.18. The number of aromatic nitrogens is 4. The molecule has 25 heavy (non-hydrogen) atoms. The van der Waals surface area contributed by atoms with Gasteiger partial charge in [0.2, 0.25) is 0 Å². The molecule has 124 valence electrons. The van der Waals surface area contributed by atoms with Gasteiger partial charge in [0.15, 0.2) is 0 Å². The first-order valence-corrected chi connectivity index (χ1v) is 8.28. The first-order valence-electron chi connectivity index (χ1n) is 8.28. The number of imidazole rings is 1. The molecule has 0 atom stereocenters. The van der Waals surface area contributed by atoms with Crippen LogP contribution in [-0.2, 0) is 12.8 Å². The van der Waals surface area contributed by atoms with E-state index in [1.807, 2.05) is 30.5 Å². The third kappa shape index (κ3) is 3.21. The summed E-state index contributed by atoms with van der Waals surface area (Å²) in [5.41, 5.74) is 3.96. The molecule has 0 unspecified atom stereocenters. The Balaban J connectivity index is 1.53. The number of aromatic amines is 2. The molecule has 0 radical (unpaired) electrons. The molecule has 0 saturated carbocycles. The van der Waals surface area contributed by atoms with Gasteiger partial charge >= 0.3 is 0 Å². The second-order valence-electron chi connectivity index (χ2n) is 6.14. The van der Waals surface area contributed by atoms with E-state index in [1.165, 1.54) is 5.56 Å². The zero-order chi connectivity index (χ0) is 17.2. The number of nitrogens with one attached hydrogen (secondary N) is 2. The van der Waals surface area contributed by atoms with Crippen LogP contribution in [-0.4, -0.2) is 19.9 Å². The zero-order valence-electron chi connectivity index (χ0n) is 13.9. The average Bonchev–Trinajstić information content (AvgIpc) is 3.09. The van der Waals surface area contributed by atoms with Gasteiger partial charge in [-0.25, -0.2) is 9.97 Å². The number of nitrogens with zero attached hydrogens (tertiary/aromatic N) is 2. The van der Waals surface area contributed by atoms with Gasteiger partial charge in [-0.3, -0.25) is 4.79 Å². The van der Waals surface area contributed by atoms with Crippen LogP contribution in [0.25, 0.3) is 22.2 Å². The smallest absolute Gasteiger partial charge is 0.258 e. The Morgan fingerprint density at radius 2 is 1.80 bits per heavy atom. The van der Waals surface area contributed by atoms with Crippen molar-refractivity contribution in [1.82, 2.24) is 19.9 Å². The topological polar surface area (TPSA) is 74.4 Å². The molecular weight excluding hydrogens is 312 g/mol. The van der Waals surface area contributed by atoms with Crippen LogP contribution in [0.1, 0.15) is 17.2 Å². The van der Waals surface area contributed by atoms with E-state index in [9.17, 15) is 4.79 Å². The number of benzene rings is 2. The van der Waals surface area contributed by atoms with Crippen molar-refractivity contribution in [3.63, 3.8) is 0 Å². The van der Waals surface area contributed by atoms with Gasteiger partial charge in [0.1, 0.15) is 11.6 Å². The first kappa shape index (κ1) is 15.3. The number of hydrogen-bond acceptors (Lipinski definition) is 3. The second kappa shape index (κ2) is 6.36. The summed E-state index contributed by atoms with van der Waals surface area (Å²) in [6, 6.07) is 15.7. The number of para-hydroxylation sites is 1. The summed E-state index contributed by atoms with van der Waals surface area (Å²) in [7, 11) is 0. The minimum absolute atomic E-state index is 0.0968. The molecule has 0 aliphatic heterocycles. The Morgan fingerprint density at radius 1 is 0.960 bits per heavy atom. The summed E-state index contributed by atoms with van der Waals surface area (Å²) in [6.07, 6.45) is 3.16. The van der Waals surface area contributed by atoms with Crippen LogP contribution in [0, 0.1) is 6.92 Å². The summed E-state index contributed by atoms with van der Waals surface area (Å²) < 4.78 is 0. The normalized spacial score (nSPS) is 11.1. The van der Waals surface area contributed by atoms with Gasteiger partial charge < -0.3 is 9.97 Å². The van der Waals surface area contributed by atoms with E-state index >= 15 is 0 Å². The lowest BCUT2D eigenvalue weighted by Gasteiger charge is -2.02. The molecular formula is C20H18N4O. The maximum atomic E-state index is 12.1. The van der Waals surface area contributed by atoms with Gasteiger partial charge in [0, 0.05) is 12.8 Å². The van der Waals surface area contributed by atoms with Crippen LogP contribution in [0.4, 0.5) is 0 Å². The van der Waals surface area contributed by atoms with E-state index in [0.29, 0.717) is 24.1 Å². The Kier molecular flexibility index (Phi) is 3.90. The molecule has 4 aromatic rings. The molecule has 0 bridgehead atoms. The van der Waals surface area contributed by atoms with Crippen LogP contribution >= 0.6 is 0 Å². The monoisotopic (exact) mass is 330 g/mol. The zero-order valence-corrected chi connectivity index (χ0v) is 13.9. The second-order valence-corrected chi connectivity index (χ2v) is 6.14. The van der Waals surface area contributed by atoms with Gasteiger partial charge in [-0.2, -0.15) is 0 Å². The summed E-state index contributed by atoms with van der Waals surface area (Å²) >= 11 is 0. The lowest BCUT2D eigenvalue weighted by molar-refractivity contribution is 0.821. The van der Waals surface area contributed by atoms with Gasteiger partial charge in [-0.15, -0.1) is 0 Å². The fraction of sp³-hybridized carbons (Fsp3) is 0.150. The highest BCUT2D eigenvalue weighted by molar-refractivity contribution is 5.77. The predicted molar refractivity (Wildman–Crippen MR) is 98.5 cm³/mol. The molecule has 0 saturated heterocycles. The highest BCUT2D eigenvalue weighted by atomic mass is 16.1. The Morgan fingerprint density at radius 3 is 2.68 bits per heavy atom. The van der Waals surface area contributed by atoms with Crippen molar-refractivity contribution >= 4 is 10.9 Å². The minimum atomic E-state index is -0.0968. The van der Waals surface area contributed by atoms with Crippen molar-refractivity contribution in [2.45, 2.75) is 19.8 Å². The largest absolute Gasteiger partial charge is 0.342 e. The van der Waals surface area contributed by atoms with E-state index in [4.69, 9.17) is 0 Å². The minimum Gasteiger partial charge on any atom is -0.342 e. The number of H-pyrrole nitrogens is 2. The van der Waals surface area contributed by atoms with Gasteiger partial charge in [-0.1, -0.05) is 35.9 Å². The van der Waals surface area contributed by atoms with Crippen molar-refractivity contribution in [3.8, 4) is 11.3 Å². The number of fused-ring (bicyclic) bond motifs is 1. The van der Waals surface area contributed by atoms with Crippen molar-refractivity contribution in [1.29, 1.82) is 0 Å². The standard InChI is InChI=1S/C20H18N4O/c1-13-5-4-6-14(11-13)17-12-21-18(23-17)9-10-19-22-16-8-3-2-7-15(16)20(25)24-19/h2-8,11-12H,9-10H2,1H3,(H,21,23)(H,22,24,25). The van der Waals surface area contributed by atoms with Crippen LogP contribution in [0.2, 0.25) is 0 Å². The number of hydrogen-bond donors (Lipinski definition) is 2. The van der Waals surface area contributed by atoms with Crippen molar-refractivity contribution in [2.24, 2.45) is 0 Å². The molecule has 0 amide bonds. The van der Waals surface area contributed by atoms with Crippen LogP contribution in [0.5, 0.6) is 0 Å². The molecule has 2 N–H and O–H groups in total. The summed E-state index contributed by atoms with van der Waals surface area (Å²) in [5, 5.41) is 0.617. The van der Waals surface area contributed by atoms with Gasteiger partial charge in [0.25, 0.3) is 5.56 Å². The summed E-state index contributed by atoms with van der Waals surface area (Å²) in [6.45, 7) is 2.07. The van der Waals surface area contributed by atoms with Gasteiger partial charge in [-0.05, 0) is 30.7 Å². The third-order valence-corrected chi connectivity index (χ3v) is 4.22. The molecule has 0 aliphatic carbocycles. The Hall–Kier alpha value is -3.21. The SMILES string of the molecule is Cc1cccc(-c2cnc(CCc3nc4ccccc4c(=O)[nH]3)[nH]2)c1. The van der Waals surface area contributed by atoms with Crippen LogP contribution in [0.3, 0.4) is 0 Å². The maximum absolute atomic E-state index is 12.1. The molecule has 4 rings (SSSR count). The van der Waals surface area contributed by atoms with Crippen molar-refractivity contribution in [2.75, 3.05) is 0 Å². The van der Waals surface area contributed by atoms with Gasteiger partial charge in [0.05, 0.1) is 22.8 Å². The van der Waals surface area contributed by atoms with E-state index in [-0.39, 0.29) is 5.56 Å². The van der Waals surface area contributed by atoms with E-state index in [2.05, 4.69) is 45.1 Å². The fourth-order valence-corrected chi connectivity index (χ4v) is 2.94. The van der Waals surface area contributed by atoms with Crippen LogP contribution in [0.15, 0.2) is 59.5 Å². The third-order valence-electron chi connectivity index (χ3n) is 4.22. The fourth-order valence-electron chi connectivity index (χ4n) is 2.94. The van der Waals surface area contributed by atoms with Crippen LogP contribution < -0.4 is 5.56 Å². The first-order chi connectivity index (χ1) is 12.2. The van der Waals surface area contributed by atoms with Crippen molar-refractivity contribution in [3.05, 3.63) is 82.3 Å². The maximum Gasteiger partial charge on any atom is 0.258 e. The van der Waals surface area contributed by atoms with E-state index < -0.39 is 0 Å². The molecule has 2 heterocycles. The number of aryl methyl sites for hydroxylation is 3. The molecule has 0 spiro atoms. The predicted octanol–water partition coefficient (Wildman–Crippen LogP) is 3.41. The lowest BCUT2D eigenvalue weighted by Crippen LogP contribution is -2.12. The molecule has 5 heteroatoms. The molecule has 2 aromatic heterocycles.